The summed E-state index contributed by atoms with van der Waals surface area (Å²) in [4.78, 5) is 26.4. The Morgan fingerprint density at radius 3 is 2.39 bits per heavy atom. The van der Waals surface area contributed by atoms with Crippen molar-refractivity contribution in [3.05, 3.63) is 70.8 Å². The number of esters is 1. The number of aryl methyl sites for hydroxylation is 2. The van der Waals surface area contributed by atoms with Crippen molar-refractivity contribution in [2.75, 3.05) is 19.7 Å². The predicted molar refractivity (Wildman–Crippen MR) is 111 cm³/mol. The summed E-state index contributed by atoms with van der Waals surface area (Å²) in [5, 5.41) is 3.03. The standard InChI is InChI=1S/C23H30N2O3/c1-5-28-23(27)16-25(14-20-9-7-6-8-10-20)15-22(26)24-19(4)21-12-11-17(2)18(3)13-21/h6-13,19H,5,14-16H2,1-4H3,(H,24,26). The average molecular weight is 383 g/mol. The molecule has 0 heterocycles. The van der Waals surface area contributed by atoms with Gasteiger partial charge in [0.05, 0.1) is 25.7 Å². The number of nitrogens with one attached hydrogen (secondary N) is 1. The Morgan fingerprint density at radius 1 is 1.04 bits per heavy atom. The van der Waals surface area contributed by atoms with Crippen LogP contribution in [0.2, 0.25) is 0 Å². The fraction of sp³-hybridized carbons (Fsp3) is 0.391. The van der Waals surface area contributed by atoms with Crippen LogP contribution in [0.4, 0.5) is 0 Å². The fourth-order valence-electron chi connectivity index (χ4n) is 3.01. The molecule has 1 unspecified atom stereocenters. The van der Waals surface area contributed by atoms with Gasteiger partial charge in [0.1, 0.15) is 0 Å². The Kier molecular flexibility index (Phi) is 8.20. The third kappa shape index (κ3) is 6.82. The molecule has 0 saturated heterocycles. The minimum atomic E-state index is -0.326. The summed E-state index contributed by atoms with van der Waals surface area (Å²) in [6.07, 6.45) is 0. The first-order valence-corrected chi connectivity index (χ1v) is 9.67. The highest BCUT2D eigenvalue weighted by atomic mass is 16.5. The van der Waals surface area contributed by atoms with Crippen LogP contribution in [-0.4, -0.2) is 36.5 Å². The van der Waals surface area contributed by atoms with Crippen molar-refractivity contribution in [1.29, 1.82) is 0 Å². The van der Waals surface area contributed by atoms with E-state index in [1.807, 2.05) is 43.3 Å². The van der Waals surface area contributed by atoms with Gasteiger partial charge in [-0.2, -0.15) is 0 Å². The van der Waals surface area contributed by atoms with E-state index in [1.54, 1.807) is 11.8 Å². The molecule has 0 aromatic heterocycles. The first kappa shape index (κ1) is 21.6. The molecule has 2 aromatic rings. The summed E-state index contributed by atoms with van der Waals surface area (Å²) in [6.45, 7) is 8.91. The van der Waals surface area contributed by atoms with Crippen molar-refractivity contribution in [1.82, 2.24) is 10.2 Å². The van der Waals surface area contributed by atoms with E-state index in [-0.39, 0.29) is 31.0 Å². The van der Waals surface area contributed by atoms with Gasteiger partial charge in [0.25, 0.3) is 0 Å². The van der Waals surface area contributed by atoms with Crippen LogP contribution in [0.3, 0.4) is 0 Å². The molecular weight excluding hydrogens is 352 g/mol. The summed E-state index contributed by atoms with van der Waals surface area (Å²) in [6, 6.07) is 15.9. The zero-order valence-electron chi connectivity index (χ0n) is 17.2. The van der Waals surface area contributed by atoms with Gasteiger partial charge in [-0.15, -0.1) is 0 Å². The van der Waals surface area contributed by atoms with Crippen molar-refractivity contribution in [3.63, 3.8) is 0 Å². The number of carbonyl (C=O) groups excluding carboxylic acids is 2. The van der Waals surface area contributed by atoms with Crippen LogP contribution in [0.15, 0.2) is 48.5 Å². The smallest absolute Gasteiger partial charge is 0.320 e. The Hall–Kier alpha value is -2.66. The highest BCUT2D eigenvalue weighted by Crippen LogP contribution is 2.16. The van der Waals surface area contributed by atoms with E-state index in [9.17, 15) is 9.59 Å². The second-order valence-electron chi connectivity index (χ2n) is 7.07. The number of hydrogen-bond donors (Lipinski definition) is 1. The quantitative estimate of drug-likeness (QED) is 0.674. The molecule has 150 valence electrons. The number of carbonyl (C=O) groups is 2. The van der Waals surface area contributed by atoms with E-state index in [0.717, 1.165) is 11.1 Å². The zero-order chi connectivity index (χ0) is 20.5. The van der Waals surface area contributed by atoms with E-state index >= 15 is 0 Å². The molecule has 0 spiro atoms. The highest BCUT2D eigenvalue weighted by Gasteiger charge is 2.18. The lowest BCUT2D eigenvalue weighted by molar-refractivity contribution is -0.144. The SMILES string of the molecule is CCOC(=O)CN(CC(=O)NC(C)c1ccc(C)c(C)c1)Cc1ccccc1. The third-order valence-electron chi connectivity index (χ3n) is 4.68. The van der Waals surface area contributed by atoms with Crippen LogP contribution in [0, 0.1) is 13.8 Å². The molecule has 1 amide bonds. The second-order valence-corrected chi connectivity index (χ2v) is 7.07. The van der Waals surface area contributed by atoms with Gasteiger partial charge < -0.3 is 10.1 Å². The third-order valence-corrected chi connectivity index (χ3v) is 4.68. The lowest BCUT2D eigenvalue weighted by atomic mass is 10.0. The van der Waals surface area contributed by atoms with E-state index in [2.05, 4.69) is 31.3 Å². The van der Waals surface area contributed by atoms with Crippen molar-refractivity contribution in [2.45, 2.75) is 40.3 Å². The first-order chi connectivity index (χ1) is 13.4. The maximum absolute atomic E-state index is 12.6. The highest BCUT2D eigenvalue weighted by molar-refractivity contribution is 5.79. The summed E-state index contributed by atoms with van der Waals surface area (Å²) < 4.78 is 5.05. The number of nitrogens with zero attached hydrogens (tertiary/aromatic N) is 1. The van der Waals surface area contributed by atoms with Crippen LogP contribution in [-0.2, 0) is 20.9 Å². The van der Waals surface area contributed by atoms with Crippen LogP contribution < -0.4 is 5.32 Å². The molecule has 1 atom stereocenters. The Balaban J connectivity index is 2.01. The van der Waals surface area contributed by atoms with Gasteiger partial charge in [0.15, 0.2) is 0 Å². The van der Waals surface area contributed by atoms with Gasteiger partial charge in [-0.05, 0) is 49.9 Å². The zero-order valence-corrected chi connectivity index (χ0v) is 17.2. The molecular formula is C23H30N2O3. The number of benzene rings is 2. The number of hydrogen-bond acceptors (Lipinski definition) is 4. The van der Waals surface area contributed by atoms with Gasteiger partial charge >= 0.3 is 5.97 Å². The molecule has 0 saturated carbocycles. The lowest BCUT2D eigenvalue weighted by Crippen LogP contribution is -2.40. The average Bonchev–Trinajstić information content (AvgIpc) is 2.64. The molecule has 0 bridgehead atoms. The Bertz CT molecular complexity index is 790. The minimum absolute atomic E-state index is 0.0776. The van der Waals surface area contributed by atoms with Crippen LogP contribution in [0.5, 0.6) is 0 Å². The van der Waals surface area contributed by atoms with Gasteiger partial charge in [0.2, 0.25) is 5.91 Å². The number of ether oxygens (including phenoxy) is 1. The second kappa shape index (κ2) is 10.6. The summed E-state index contributed by atoms with van der Waals surface area (Å²) in [5.41, 5.74) is 4.54. The monoisotopic (exact) mass is 382 g/mol. The summed E-state index contributed by atoms with van der Waals surface area (Å²) >= 11 is 0. The largest absolute Gasteiger partial charge is 0.465 e. The molecule has 0 aliphatic heterocycles. The Labute approximate surface area is 167 Å². The Morgan fingerprint density at radius 2 is 1.75 bits per heavy atom. The molecule has 0 aliphatic carbocycles. The fourth-order valence-corrected chi connectivity index (χ4v) is 3.01. The van der Waals surface area contributed by atoms with Gasteiger partial charge in [-0.1, -0.05) is 48.5 Å². The van der Waals surface area contributed by atoms with E-state index in [1.165, 1.54) is 11.1 Å². The summed E-state index contributed by atoms with van der Waals surface area (Å²) in [7, 11) is 0. The molecule has 2 aromatic carbocycles. The van der Waals surface area contributed by atoms with Crippen molar-refractivity contribution in [2.24, 2.45) is 0 Å². The maximum Gasteiger partial charge on any atom is 0.320 e. The molecule has 28 heavy (non-hydrogen) atoms. The van der Waals surface area contributed by atoms with Gasteiger partial charge in [0, 0.05) is 6.54 Å². The van der Waals surface area contributed by atoms with Gasteiger partial charge in [-0.3, -0.25) is 14.5 Å². The van der Waals surface area contributed by atoms with Crippen LogP contribution in [0.1, 0.15) is 42.1 Å². The van der Waals surface area contributed by atoms with E-state index in [4.69, 9.17) is 4.74 Å². The normalized spacial score (nSPS) is 11.9. The minimum Gasteiger partial charge on any atom is -0.465 e. The molecule has 5 nitrogen and oxygen atoms in total. The number of amides is 1. The summed E-state index contributed by atoms with van der Waals surface area (Å²) in [5.74, 6) is -0.445. The van der Waals surface area contributed by atoms with Crippen LogP contribution in [0.25, 0.3) is 0 Å². The molecule has 5 heteroatoms. The van der Waals surface area contributed by atoms with E-state index < -0.39 is 0 Å². The first-order valence-electron chi connectivity index (χ1n) is 9.67. The van der Waals surface area contributed by atoms with Crippen molar-refractivity contribution in [3.8, 4) is 0 Å². The topological polar surface area (TPSA) is 58.6 Å². The predicted octanol–water partition coefficient (Wildman–Crippen LogP) is 3.55. The van der Waals surface area contributed by atoms with Crippen LogP contribution >= 0.6 is 0 Å². The van der Waals surface area contributed by atoms with Crippen molar-refractivity contribution >= 4 is 11.9 Å². The number of rotatable bonds is 9. The molecule has 2 rings (SSSR count). The molecule has 1 N–H and O–H groups in total. The molecule has 0 fully saturated rings. The maximum atomic E-state index is 12.6. The molecule has 0 radical (unpaired) electrons. The van der Waals surface area contributed by atoms with Crippen molar-refractivity contribution < 1.29 is 14.3 Å². The van der Waals surface area contributed by atoms with E-state index in [0.29, 0.717) is 13.2 Å². The lowest BCUT2D eigenvalue weighted by Gasteiger charge is -2.22. The van der Waals surface area contributed by atoms with Gasteiger partial charge in [-0.25, -0.2) is 0 Å². The molecule has 0 aliphatic rings.